The molecule has 0 amide bonds. The van der Waals surface area contributed by atoms with E-state index in [9.17, 15) is 0 Å². The van der Waals surface area contributed by atoms with Gasteiger partial charge in [-0.3, -0.25) is 10.8 Å². The zero-order chi connectivity index (χ0) is 20.9. The minimum Gasteiger partial charge on any atom is -0.493 e. The van der Waals surface area contributed by atoms with Crippen molar-refractivity contribution in [2.75, 3.05) is 26.2 Å². The quantitative estimate of drug-likeness (QED) is 0.526. The van der Waals surface area contributed by atoms with Gasteiger partial charge in [-0.25, -0.2) is 0 Å². The zero-order valence-electron chi connectivity index (χ0n) is 17.4. The minimum absolute atomic E-state index is 0.136. The molecule has 0 bridgehead atoms. The number of guanidine groups is 1. The molecule has 0 saturated carbocycles. The van der Waals surface area contributed by atoms with Crippen LogP contribution in [-0.2, 0) is 19.4 Å². The summed E-state index contributed by atoms with van der Waals surface area (Å²) in [4.78, 5) is 4.10. The Morgan fingerprint density at radius 3 is 2.47 bits per heavy atom. The zero-order valence-corrected chi connectivity index (χ0v) is 17.4. The van der Waals surface area contributed by atoms with Gasteiger partial charge >= 0.3 is 0 Å². The Morgan fingerprint density at radius 2 is 1.73 bits per heavy atom. The Balaban J connectivity index is 1.25. The highest BCUT2D eigenvalue weighted by molar-refractivity contribution is 5.81. The maximum absolute atomic E-state index is 8.42. The number of fused-ring (bicyclic) bond motifs is 1. The van der Waals surface area contributed by atoms with Crippen LogP contribution in [-0.4, -0.2) is 47.8 Å². The Morgan fingerprint density at radius 1 is 0.967 bits per heavy atom. The van der Waals surface area contributed by atoms with E-state index in [1.165, 1.54) is 16.7 Å². The highest BCUT2D eigenvalue weighted by atomic mass is 16.5. The first-order valence-electron chi connectivity index (χ1n) is 10.8. The second kappa shape index (κ2) is 9.20. The van der Waals surface area contributed by atoms with E-state index in [1.807, 2.05) is 23.1 Å². The van der Waals surface area contributed by atoms with Crippen molar-refractivity contribution >= 4 is 11.8 Å². The number of nitrogens with one attached hydrogen (secondary N) is 2. The predicted molar refractivity (Wildman–Crippen MR) is 120 cm³/mol. The fourth-order valence-electron chi connectivity index (χ4n) is 4.31. The first-order valence-corrected chi connectivity index (χ1v) is 10.8. The van der Waals surface area contributed by atoms with Crippen molar-refractivity contribution in [2.45, 2.75) is 32.2 Å². The molecule has 0 radical (unpaired) electrons. The van der Waals surface area contributed by atoms with Gasteiger partial charge in [0.1, 0.15) is 11.6 Å². The lowest BCUT2D eigenvalue weighted by molar-refractivity contribution is 0.179. The largest absolute Gasteiger partial charge is 0.493 e. The summed E-state index contributed by atoms with van der Waals surface area (Å²) in [6.07, 6.45) is 3.73. The Bertz CT molecular complexity index is 890. The fraction of sp³-hybridized carbons (Fsp3) is 0.417. The fourth-order valence-corrected chi connectivity index (χ4v) is 4.31. The summed E-state index contributed by atoms with van der Waals surface area (Å²) in [7, 11) is 0. The van der Waals surface area contributed by atoms with Gasteiger partial charge in [-0.1, -0.05) is 36.4 Å². The third-order valence-electron chi connectivity index (χ3n) is 6.23. The van der Waals surface area contributed by atoms with Crippen molar-refractivity contribution in [1.82, 2.24) is 9.80 Å². The summed E-state index contributed by atoms with van der Waals surface area (Å²) >= 11 is 0. The topological polar surface area (TPSA) is 89.4 Å². The van der Waals surface area contributed by atoms with E-state index in [1.54, 1.807) is 0 Å². The lowest BCUT2D eigenvalue weighted by Gasteiger charge is -2.34. The smallest absolute Gasteiger partial charge is 0.188 e. The lowest BCUT2D eigenvalue weighted by atomic mass is 9.97. The van der Waals surface area contributed by atoms with Crippen LogP contribution in [0.15, 0.2) is 48.5 Å². The van der Waals surface area contributed by atoms with E-state index >= 15 is 0 Å². The van der Waals surface area contributed by atoms with Gasteiger partial charge in [0.05, 0.1) is 6.61 Å². The van der Waals surface area contributed by atoms with Gasteiger partial charge in [-0.05, 0) is 54.0 Å². The van der Waals surface area contributed by atoms with Crippen molar-refractivity contribution in [1.29, 1.82) is 10.8 Å². The SMILES string of the molecule is N=C(N)N1CCc2ccc(OCC3CCN(C(=N)Cc4ccccc4)CC3)cc2C1. The third kappa shape index (κ3) is 4.93. The second-order valence-corrected chi connectivity index (χ2v) is 8.34. The molecule has 0 atom stereocenters. The van der Waals surface area contributed by atoms with Crippen LogP contribution in [0.25, 0.3) is 0 Å². The lowest BCUT2D eigenvalue weighted by Crippen LogP contribution is -2.40. The van der Waals surface area contributed by atoms with Crippen LogP contribution in [0, 0.1) is 16.7 Å². The molecule has 6 heteroatoms. The third-order valence-corrected chi connectivity index (χ3v) is 6.23. The normalized spacial score (nSPS) is 16.8. The molecular formula is C24H31N5O. The number of amidine groups is 1. The van der Waals surface area contributed by atoms with Crippen LogP contribution in [0.2, 0.25) is 0 Å². The first-order chi connectivity index (χ1) is 14.6. The predicted octanol–water partition coefficient (Wildman–Crippen LogP) is 3.25. The molecule has 2 aliphatic rings. The monoisotopic (exact) mass is 405 g/mol. The Kier molecular flexibility index (Phi) is 6.21. The van der Waals surface area contributed by atoms with Crippen LogP contribution in [0.4, 0.5) is 0 Å². The number of piperidine rings is 1. The number of ether oxygens (including phenoxy) is 1. The Labute approximate surface area is 178 Å². The van der Waals surface area contributed by atoms with Crippen LogP contribution >= 0.6 is 0 Å². The van der Waals surface area contributed by atoms with Crippen LogP contribution < -0.4 is 10.5 Å². The summed E-state index contributed by atoms with van der Waals surface area (Å²) in [6, 6.07) is 16.6. The van der Waals surface area contributed by atoms with Crippen molar-refractivity contribution in [3.63, 3.8) is 0 Å². The molecule has 0 aliphatic carbocycles. The van der Waals surface area contributed by atoms with Gasteiger partial charge in [0, 0.05) is 32.6 Å². The number of nitrogens with two attached hydrogens (primary N) is 1. The summed E-state index contributed by atoms with van der Waals surface area (Å²) in [5.74, 6) is 2.27. The number of hydrogen-bond acceptors (Lipinski definition) is 3. The molecular weight excluding hydrogens is 374 g/mol. The number of benzene rings is 2. The molecule has 2 aromatic carbocycles. The summed E-state index contributed by atoms with van der Waals surface area (Å²) in [6.45, 7) is 4.06. The van der Waals surface area contributed by atoms with Crippen LogP contribution in [0.3, 0.4) is 0 Å². The van der Waals surface area contributed by atoms with Crippen LogP contribution in [0.1, 0.15) is 29.5 Å². The molecule has 4 rings (SSSR count). The van der Waals surface area contributed by atoms with E-state index in [0.717, 1.165) is 51.3 Å². The number of likely N-dealkylation sites (tertiary alicyclic amines) is 1. The maximum Gasteiger partial charge on any atom is 0.188 e. The molecule has 158 valence electrons. The molecule has 2 aliphatic heterocycles. The highest BCUT2D eigenvalue weighted by Gasteiger charge is 2.22. The minimum atomic E-state index is 0.136. The van der Waals surface area contributed by atoms with Gasteiger partial charge in [0.2, 0.25) is 0 Å². The molecule has 2 heterocycles. The van der Waals surface area contributed by atoms with Crippen molar-refractivity contribution in [3.8, 4) is 5.75 Å². The van der Waals surface area contributed by atoms with E-state index < -0.39 is 0 Å². The molecule has 30 heavy (non-hydrogen) atoms. The molecule has 6 nitrogen and oxygen atoms in total. The van der Waals surface area contributed by atoms with E-state index in [2.05, 4.69) is 35.2 Å². The molecule has 0 spiro atoms. The average Bonchev–Trinajstić information content (AvgIpc) is 2.78. The molecule has 1 fully saturated rings. The number of hydrogen-bond donors (Lipinski definition) is 3. The van der Waals surface area contributed by atoms with Gasteiger partial charge in [0.15, 0.2) is 5.96 Å². The van der Waals surface area contributed by atoms with Gasteiger partial charge in [0.25, 0.3) is 0 Å². The molecule has 1 saturated heterocycles. The standard InChI is InChI=1S/C24H31N5O/c25-23(14-18-4-2-1-3-5-18)28-11-8-19(9-12-28)17-30-22-7-6-20-10-13-29(24(26)27)16-21(20)15-22/h1-7,15,19,25H,8-14,16-17H2,(H3,26,27). The summed E-state index contributed by atoms with van der Waals surface area (Å²) in [5.41, 5.74) is 9.38. The molecule has 4 N–H and O–H groups in total. The summed E-state index contributed by atoms with van der Waals surface area (Å²) < 4.78 is 6.12. The van der Waals surface area contributed by atoms with E-state index in [-0.39, 0.29) is 5.96 Å². The summed E-state index contributed by atoms with van der Waals surface area (Å²) in [5, 5.41) is 16.1. The van der Waals surface area contributed by atoms with Crippen molar-refractivity contribution < 1.29 is 4.74 Å². The molecule has 0 unspecified atom stereocenters. The van der Waals surface area contributed by atoms with Crippen LogP contribution in [0.5, 0.6) is 5.75 Å². The van der Waals surface area contributed by atoms with Crippen molar-refractivity contribution in [3.05, 3.63) is 65.2 Å². The first kappa shape index (κ1) is 20.3. The number of nitrogens with zero attached hydrogens (tertiary/aromatic N) is 2. The second-order valence-electron chi connectivity index (χ2n) is 8.34. The van der Waals surface area contributed by atoms with Gasteiger partial charge < -0.3 is 20.3 Å². The molecule has 2 aromatic rings. The van der Waals surface area contributed by atoms with E-state index in [0.29, 0.717) is 24.7 Å². The Hall–Kier alpha value is -3.02. The molecule has 0 aromatic heterocycles. The maximum atomic E-state index is 8.42. The number of rotatable bonds is 5. The van der Waals surface area contributed by atoms with Gasteiger partial charge in [-0.2, -0.15) is 0 Å². The average molecular weight is 406 g/mol. The van der Waals surface area contributed by atoms with Crippen molar-refractivity contribution in [2.24, 2.45) is 11.7 Å². The highest BCUT2D eigenvalue weighted by Crippen LogP contribution is 2.25. The van der Waals surface area contributed by atoms with Gasteiger partial charge in [-0.15, -0.1) is 0 Å². The van der Waals surface area contributed by atoms with E-state index in [4.69, 9.17) is 21.3 Å².